The van der Waals surface area contributed by atoms with Gasteiger partial charge in [0.05, 0.1) is 11.4 Å². The Morgan fingerprint density at radius 3 is 2.50 bits per heavy atom. The Labute approximate surface area is 246 Å². The fraction of sp³-hybridized carbons (Fsp3) is 0.394. The van der Waals surface area contributed by atoms with Gasteiger partial charge in [0.15, 0.2) is 0 Å². The summed E-state index contributed by atoms with van der Waals surface area (Å²) >= 11 is 0. The molecule has 1 N–H and O–H groups in total. The van der Waals surface area contributed by atoms with E-state index in [1.54, 1.807) is 12.3 Å². The molecule has 0 saturated heterocycles. The highest BCUT2D eigenvalue weighted by molar-refractivity contribution is 7.28. The maximum atomic E-state index is 13.4. The van der Waals surface area contributed by atoms with Gasteiger partial charge >= 0.3 is 0 Å². The molecule has 5 nitrogen and oxygen atoms in total. The second kappa shape index (κ2) is 13.7. The highest BCUT2D eigenvalue weighted by Gasteiger charge is 2.25. The molecular weight excluding hydrogens is 530 g/mol. The van der Waals surface area contributed by atoms with E-state index in [1.165, 1.54) is 0 Å². The van der Waals surface area contributed by atoms with E-state index < -0.39 is 0 Å². The quantitative estimate of drug-likeness (QED) is 0.280. The van der Waals surface area contributed by atoms with Gasteiger partial charge in [0.1, 0.15) is 0 Å². The summed E-state index contributed by atoms with van der Waals surface area (Å²) in [6.07, 6.45) is 12.3. The zero-order valence-corrected chi connectivity index (χ0v) is 27.5. The minimum Gasteiger partial charge on any atom is -0.370 e. The molecule has 0 fully saturated rings. The number of nitrogens with zero attached hydrogens (tertiary/aromatic N) is 3. The van der Waals surface area contributed by atoms with Crippen molar-refractivity contribution >= 4 is 41.0 Å². The number of hydrogen-bond donors (Lipinski definition) is 1. The summed E-state index contributed by atoms with van der Waals surface area (Å²) in [6, 6.07) is 7.87. The SMILES string of the molecule is C=C1C(N(CCC)CCC)=CC(c2cc(NC(=O)c3ccnc(C(C)C(C)(C)P)c3)c(P)cc2C)=CN1/C=C\C. The number of allylic oxidation sites excluding steroid dienone is 3. The first-order valence-corrected chi connectivity index (χ1v) is 15.3. The van der Waals surface area contributed by atoms with Crippen molar-refractivity contribution in [2.24, 2.45) is 0 Å². The topological polar surface area (TPSA) is 48.5 Å². The number of hydrogen-bond acceptors (Lipinski definition) is 4. The molecule has 1 aliphatic rings. The summed E-state index contributed by atoms with van der Waals surface area (Å²) in [7, 11) is 5.65. The minimum absolute atomic E-state index is 0.0305. The van der Waals surface area contributed by atoms with Crippen LogP contribution in [0.4, 0.5) is 5.69 Å². The lowest BCUT2D eigenvalue weighted by atomic mass is 9.92. The van der Waals surface area contributed by atoms with E-state index in [4.69, 9.17) is 0 Å². The van der Waals surface area contributed by atoms with Crippen molar-refractivity contribution in [1.82, 2.24) is 14.8 Å². The molecule has 3 unspecified atom stereocenters. The van der Waals surface area contributed by atoms with Crippen LogP contribution in [0, 0.1) is 6.92 Å². The zero-order valence-electron chi connectivity index (χ0n) is 25.2. The number of amides is 1. The summed E-state index contributed by atoms with van der Waals surface area (Å²) in [6.45, 7) is 21.4. The minimum atomic E-state index is -0.147. The van der Waals surface area contributed by atoms with Gasteiger partial charge in [-0.1, -0.05) is 47.3 Å². The average Bonchev–Trinajstić information content (AvgIpc) is 2.90. The molecule has 1 amide bonds. The van der Waals surface area contributed by atoms with Crippen LogP contribution in [0.25, 0.3) is 5.57 Å². The monoisotopic (exact) mass is 576 g/mol. The molecule has 3 atom stereocenters. The third kappa shape index (κ3) is 7.50. The van der Waals surface area contributed by atoms with E-state index in [0.29, 0.717) is 5.56 Å². The number of aromatic nitrogens is 1. The van der Waals surface area contributed by atoms with E-state index in [0.717, 1.165) is 70.7 Å². The molecule has 3 rings (SSSR count). The van der Waals surface area contributed by atoms with E-state index in [2.05, 4.69) is 111 Å². The Morgan fingerprint density at radius 1 is 1.23 bits per heavy atom. The Kier molecular flexibility index (Phi) is 10.9. The number of benzene rings is 1. The number of carbonyl (C=O) groups excluding carboxylic acids is 1. The zero-order chi connectivity index (χ0) is 29.6. The average molecular weight is 577 g/mol. The van der Waals surface area contributed by atoms with Gasteiger partial charge in [-0.15, -0.1) is 18.5 Å². The van der Waals surface area contributed by atoms with Crippen LogP contribution in [0.15, 0.2) is 73.0 Å². The van der Waals surface area contributed by atoms with E-state index in [-0.39, 0.29) is 17.0 Å². The first-order valence-electron chi connectivity index (χ1n) is 14.2. The predicted octanol–water partition coefficient (Wildman–Crippen LogP) is 7.61. The molecule has 0 saturated carbocycles. The van der Waals surface area contributed by atoms with Crippen molar-refractivity contribution in [3.63, 3.8) is 0 Å². The Bertz CT molecular complexity index is 1330. The lowest BCUT2D eigenvalue weighted by Crippen LogP contribution is -2.30. The molecule has 1 aromatic heterocycles. The van der Waals surface area contributed by atoms with Gasteiger partial charge in [0.25, 0.3) is 5.91 Å². The fourth-order valence-corrected chi connectivity index (χ4v) is 5.36. The number of anilines is 1. The van der Waals surface area contributed by atoms with Crippen molar-refractivity contribution < 1.29 is 4.79 Å². The van der Waals surface area contributed by atoms with Gasteiger partial charge in [0.2, 0.25) is 0 Å². The lowest BCUT2D eigenvalue weighted by Gasteiger charge is -2.35. The van der Waals surface area contributed by atoms with Crippen LogP contribution in [0.1, 0.15) is 87.5 Å². The van der Waals surface area contributed by atoms with Crippen LogP contribution in [0.3, 0.4) is 0 Å². The molecular formula is C33H46N4OP2. The molecule has 0 spiro atoms. The van der Waals surface area contributed by atoms with E-state index in [9.17, 15) is 4.79 Å². The highest BCUT2D eigenvalue weighted by atomic mass is 31.0. The normalized spacial score (nSPS) is 14.7. The van der Waals surface area contributed by atoms with Crippen LogP contribution in [-0.2, 0) is 0 Å². The molecule has 1 aromatic carbocycles. The van der Waals surface area contributed by atoms with Gasteiger partial charge in [-0.05, 0) is 78.6 Å². The number of rotatable bonds is 11. The molecule has 2 heterocycles. The van der Waals surface area contributed by atoms with Gasteiger partial charge in [-0.2, -0.15) is 0 Å². The van der Waals surface area contributed by atoms with Crippen LogP contribution in [-0.4, -0.2) is 38.9 Å². The lowest BCUT2D eigenvalue weighted by molar-refractivity contribution is 0.102. The number of aryl methyl sites for hydroxylation is 1. The molecule has 214 valence electrons. The smallest absolute Gasteiger partial charge is 0.255 e. The van der Waals surface area contributed by atoms with Crippen LogP contribution >= 0.6 is 18.5 Å². The second-order valence-electron chi connectivity index (χ2n) is 11.2. The standard InChI is InChI=1S/C33H46N4OP2/c1-9-14-36(15-10-2)30-19-26(21-37(16-11-3)24(30)6)27-20-29(31(39)17-22(27)4)35-32(38)25-12-13-34-28(18-25)23(5)33(7,8)40/h11-13,16-21,23H,6,9-10,14-15,39-40H2,1-5,7-8H3,(H,35,38)/b16-11-. The van der Waals surface area contributed by atoms with E-state index >= 15 is 0 Å². The maximum absolute atomic E-state index is 13.4. The summed E-state index contributed by atoms with van der Waals surface area (Å²) in [5.74, 6) is 0.0355. The van der Waals surface area contributed by atoms with Crippen molar-refractivity contribution in [2.75, 3.05) is 18.4 Å². The maximum Gasteiger partial charge on any atom is 0.255 e. The largest absolute Gasteiger partial charge is 0.370 e. The molecule has 0 bridgehead atoms. The third-order valence-corrected chi connectivity index (χ3v) is 8.35. The van der Waals surface area contributed by atoms with E-state index in [1.807, 2.05) is 25.3 Å². The Hall–Kier alpha value is -2.74. The van der Waals surface area contributed by atoms with Crippen molar-refractivity contribution in [3.8, 4) is 0 Å². The summed E-state index contributed by atoms with van der Waals surface area (Å²) < 4.78 is 0. The van der Waals surface area contributed by atoms with Gasteiger partial charge < -0.3 is 15.1 Å². The number of carbonyl (C=O) groups is 1. The summed E-state index contributed by atoms with van der Waals surface area (Å²) in [5.41, 5.74) is 7.66. The predicted molar refractivity (Wildman–Crippen MR) is 179 cm³/mol. The first-order chi connectivity index (χ1) is 18.9. The van der Waals surface area contributed by atoms with Gasteiger partial charge in [0, 0.05) is 60.1 Å². The molecule has 0 aliphatic carbocycles. The number of nitrogens with one attached hydrogen (secondary N) is 1. The number of pyridine rings is 1. The van der Waals surface area contributed by atoms with Crippen LogP contribution in [0.5, 0.6) is 0 Å². The van der Waals surface area contributed by atoms with Crippen molar-refractivity contribution in [3.05, 3.63) is 95.4 Å². The van der Waals surface area contributed by atoms with Crippen molar-refractivity contribution in [2.45, 2.75) is 72.4 Å². The Morgan fingerprint density at radius 2 is 1.90 bits per heavy atom. The molecule has 0 radical (unpaired) electrons. The molecule has 7 heteroatoms. The molecule has 2 aromatic rings. The third-order valence-electron chi connectivity index (χ3n) is 7.37. The summed E-state index contributed by atoms with van der Waals surface area (Å²) in [4.78, 5) is 22.5. The summed E-state index contributed by atoms with van der Waals surface area (Å²) in [5, 5.41) is 4.07. The molecule has 40 heavy (non-hydrogen) atoms. The Balaban J connectivity index is 2.01. The fourth-order valence-electron chi connectivity index (χ4n) is 4.79. The van der Waals surface area contributed by atoms with Gasteiger partial charge in [-0.3, -0.25) is 9.78 Å². The second-order valence-corrected chi connectivity index (χ2v) is 13.3. The first kappa shape index (κ1) is 31.8. The van der Waals surface area contributed by atoms with Crippen LogP contribution in [0.2, 0.25) is 0 Å². The van der Waals surface area contributed by atoms with Gasteiger partial charge in [-0.25, -0.2) is 0 Å². The molecule has 1 aliphatic heterocycles. The van der Waals surface area contributed by atoms with Crippen molar-refractivity contribution in [1.29, 1.82) is 0 Å². The van der Waals surface area contributed by atoms with Crippen LogP contribution < -0.4 is 10.6 Å². The highest BCUT2D eigenvalue weighted by Crippen LogP contribution is 2.35.